The molecule has 0 spiro atoms. The largest absolute Gasteiger partial charge is 0.463 e. The van der Waals surface area contributed by atoms with Crippen LogP contribution in [0.5, 0.6) is 0 Å². The predicted octanol–water partition coefficient (Wildman–Crippen LogP) is 0.179. The highest BCUT2D eigenvalue weighted by Crippen LogP contribution is 2.43. The van der Waals surface area contributed by atoms with E-state index in [4.69, 9.17) is 18.9 Å². The zero-order chi connectivity index (χ0) is 21.9. The Balaban J connectivity index is 2.53. The lowest BCUT2D eigenvalue weighted by atomic mass is 9.74. The maximum atomic E-state index is 12.7. The van der Waals surface area contributed by atoms with Gasteiger partial charge in [-0.25, -0.2) is 0 Å². The van der Waals surface area contributed by atoms with Crippen LogP contribution in [0.1, 0.15) is 34.6 Å². The second-order valence-electron chi connectivity index (χ2n) is 7.01. The summed E-state index contributed by atoms with van der Waals surface area (Å²) in [4.78, 5) is 59.5. The molecule has 11 heteroatoms. The lowest BCUT2D eigenvalue weighted by Crippen LogP contribution is -2.58. The Hall–Kier alpha value is -2.69. The first-order valence-corrected chi connectivity index (χ1v) is 9.04. The number of nitrogens with zero attached hydrogens (tertiary/aromatic N) is 2. The van der Waals surface area contributed by atoms with Crippen LogP contribution in [0.4, 0.5) is 0 Å². The smallest absolute Gasteiger partial charge is 0.303 e. The topological polar surface area (TPSA) is 147 Å². The van der Waals surface area contributed by atoms with Crippen molar-refractivity contribution in [3.63, 3.8) is 0 Å². The molecule has 0 amide bonds. The standard InChI is InChI=1S/C18H24N2O9/c1-8(21)13-6-19-20-18(13,9(2)22)17-16(28-12(5)25)15(27-11(4)24)14(29-17)7-26-10(3)23/h13-17H,6-7H2,1-5H3/t13-,14+,15+,16+,17+,18+/m0/s1. The van der Waals surface area contributed by atoms with Gasteiger partial charge in [-0.05, 0) is 13.8 Å². The molecule has 0 aliphatic carbocycles. The SMILES string of the molecule is CC(=O)OC[C@H]1O[C@@H]([C@]2(C(C)=O)N=NC[C@H]2C(C)=O)[C@H](OC(C)=O)[C@@H]1OC(C)=O. The summed E-state index contributed by atoms with van der Waals surface area (Å²) in [6.07, 6.45) is -4.76. The Morgan fingerprint density at radius 2 is 1.52 bits per heavy atom. The number of carbonyl (C=O) groups excluding carboxylic acids is 5. The average molecular weight is 412 g/mol. The molecule has 2 heterocycles. The van der Waals surface area contributed by atoms with Crippen LogP contribution in [0.2, 0.25) is 0 Å². The maximum Gasteiger partial charge on any atom is 0.303 e. The Morgan fingerprint density at radius 3 is 2.00 bits per heavy atom. The first-order chi connectivity index (χ1) is 13.5. The summed E-state index contributed by atoms with van der Waals surface area (Å²) in [7, 11) is 0. The van der Waals surface area contributed by atoms with Gasteiger partial charge < -0.3 is 18.9 Å². The van der Waals surface area contributed by atoms with E-state index in [-0.39, 0.29) is 18.9 Å². The van der Waals surface area contributed by atoms with Crippen LogP contribution < -0.4 is 0 Å². The van der Waals surface area contributed by atoms with Crippen LogP contribution in [0.3, 0.4) is 0 Å². The molecule has 0 aromatic heterocycles. The van der Waals surface area contributed by atoms with E-state index < -0.39 is 59.6 Å². The van der Waals surface area contributed by atoms with Gasteiger partial charge in [0.1, 0.15) is 24.6 Å². The molecular weight excluding hydrogens is 388 g/mol. The summed E-state index contributed by atoms with van der Waals surface area (Å²) < 4.78 is 21.5. The highest BCUT2D eigenvalue weighted by atomic mass is 16.6. The molecule has 6 atom stereocenters. The Kier molecular flexibility index (Phi) is 6.83. The van der Waals surface area contributed by atoms with Crippen LogP contribution in [0, 0.1) is 5.92 Å². The Morgan fingerprint density at radius 1 is 0.931 bits per heavy atom. The molecule has 1 saturated heterocycles. The van der Waals surface area contributed by atoms with Crippen molar-refractivity contribution in [1.82, 2.24) is 0 Å². The van der Waals surface area contributed by atoms with Crippen LogP contribution >= 0.6 is 0 Å². The highest BCUT2D eigenvalue weighted by Gasteiger charge is 2.65. The highest BCUT2D eigenvalue weighted by molar-refractivity contribution is 5.95. The number of hydrogen-bond acceptors (Lipinski definition) is 11. The molecule has 0 radical (unpaired) electrons. The second kappa shape index (κ2) is 8.76. The summed E-state index contributed by atoms with van der Waals surface area (Å²) in [5.74, 6) is -3.82. The molecule has 0 aromatic carbocycles. The number of Topliss-reactive ketones (excluding diaryl/α,β-unsaturated/α-hetero) is 2. The molecule has 0 N–H and O–H groups in total. The third-order valence-electron chi connectivity index (χ3n) is 4.89. The molecule has 1 fully saturated rings. The minimum Gasteiger partial charge on any atom is -0.463 e. The van der Waals surface area contributed by atoms with Gasteiger partial charge in [0.05, 0.1) is 12.5 Å². The lowest BCUT2D eigenvalue weighted by Gasteiger charge is -2.35. The lowest BCUT2D eigenvalue weighted by molar-refractivity contribution is -0.167. The molecule has 2 aliphatic heterocycles. The fourth-order valence-corrected chi connectivity index (χ4v) is 3.73. The molecule has 2 rings (SSSR count). The third-order valence-corrected chi connectivity index (χ3v) is 4.89. The van der Waals surface area contributed by atoms with Crippen molar-refractivity contribution in [1.29, 1.82) is 0 Å². The summed E-state index contributed by atoms with van der Waals surface area (Å²) in [5.41, 5.74) is -1.75. The summed E-state index contributed by atoms with van der Waals surface area (Å²) in [6.45, 7) is 5.65. The van der Waals surface area contributed by atoms with Crippen molar-refractivity contribution in [2.45, 2.75) is 64.6 Å². The molecule has 0 bridgehead atoms. The van der Waals surface area contributed by atoms with E-state index in [2.05, 4.69) is 10.2 Å². The second-order valence-corrected chi connectivity index (χ2v) is 7.01. The van der Waals surface area contributed by atoms with E-state index in [1.54, 1.807) is 0 Å². The van der Waals surface area contributed by atoms with Crippen LogP contribution in [0.25, 0.3) is 0 Å². The van der Waals surface area contributed by atoms with Crippen molar-refractivity contribution >= 4 is 29.5 Å². The molecule has 160 valence electrons. The molecule has 0 saturated carbocycles. The van der Waals surface area contributed by atoms with Crippen molar-refractivity contribution in [2.24, 2.45) is 16.1 Å². The quantitative estimate of drug-likeness (QED) is 0.422. The number of azo groups is 1. The van der Waals surface area contributed by atoms with Gasteiger partial charge in [-0.2, -0.15) is 10.2 Å². The van der Waals surface area contributed by atoms with Crippen molar-refractivity contribution < 1.29 is 42.9 Å². The number of hydrogen-bond donors (Lipinski definition) is 0. The summed E-state index contributed by atoms with van der Waals surface area (Å²) >= 11 is 0. The number of ether oxygens (including phenoxy) is 4. The van der Waals surface area contributed by atoms with Gasteiger partial charge in [0.2, 0.25) is 0 Å². The first kappa shape index (κ1) is 22.6. The van der Waals surface area contributed by atoms with Crippen molar-refractivity contribution in [3.05, 3.63) is 0 Å². The summed E-state index contributed by atoms with van der Waals surface area (Å²) in [5, 5.41) is 7.92. The monoisotopic (exact) mass is 412 g/mol. The zero-order valence-corrected chi connectivity index (χ0v) is 16.9. The number of esters is 3. The van der Waals surface area contributed by atoms with E-state index in [1.807, 2.05) is 0 Å². The van der Waals surface area contributed by atoms with E-state index >= 15 is 0 Å². The summed E-state index contributed by atoms with van der Waals surface area (Å²) in [6, 6.07) is 0. The Labute approximate surface area is 167 Å². The number of ketones is 2. The van der Waals surface area contributed by atoms with Gasteiger partial charge in [-0.15, -0.1) is 0 Å². The normalized spacial score (nSPS) is 33.2. The zero-order valence-electron chi connectivity index (χ0n) is 16.9. The third kappa shape index (κ3) is 4.50. The van der Waals surface area contributed by atoms with Gasteiger partial charge in [-0.1, -0.05) is 0 Å². The number of rotatable bonds is 7. The Bertz CT molecular complexity index is 750. The molecule has 11 nitrogen and oxygen atoms in total. The van der Waals surface area contributed by atoms with E-state index in [1.165, 1.54) is 20.8 Å². The fraction of sp³-hybridized carbons (Fsp3) is 0.722. The van der Waals surface area contributed by atoms with Gasteiger partial charge in [0, 0.05) is 20.8 Å². The minimum absolute atomic E-state index is 0.0333. The van der Waals surface area contributed by atoms with Gasteiger partial charge in [0.25, 0.3) is 0 Å². The maximum absolute atomic E-state index is 12.7. The molecule has 2 aliphatic rings. The van der Waals surface area contributed by atoms with E-state index in [9.17, 15) is 24.0 Å². The van der Waals surface area contributed by atoms with Crippen molar-refractivity contribution in [2.75, 3.05) is 13.2 Å². The fourth-order valence-electron chi connectivity index (χ4n) is 3.73. The predicted molar refractivity (Wildman–Crippen MR) is 93.7 cm³/mol. The first-order valence-electron chi connectivity index (χ1n) is 9.04. The average Bonchev–Trinajstić information content (AvgIpc) is 3.16. The molecule has 0 aromatic rings. The molecule has 0 unspecified atom stereocenters. The van der Waals surface area contributed by atoms with E-state index in [0.29, 0.717) is 0 Å². The molecule has 29 heavy (non-hydrogen) atoms. The van der Waals surface area contributed by atoms with Crippen molar-refractivity contribution in [3.8, 4) is 0 Å². The minimum atomic E-state index is -1.75. The van der Waals surface area contributed by atoms with Gasteiger partial charge >= 0.3 is 17.9 Å². The van der Waals surface area contributed by atoms with Crippen LogP contribution in [0.15, 0.2) is 10.2 Å². The van der Waals surface area contributed by atoms with Gasteiger partial charge in [0.15, 0.2) is 23.5 Å². The van der Waals surface area contributed by atoms with Crippen LogP contribution in [-0.2, 0) is 42.9 Å². The molecular formula is C18H24N2O9. The number of carbonyl (C=O) groups is 5. The van der Waals surface area contributed by atoms with E-state index in [0.717, 1.165) is 13.8 Å². The van der Waals surface area contributed by atoms with Crippen LogP contribution in [-0.4, -0.2) is 72.6 Å². The van der Waals surface area contributed by atoms with Gasteiger partial charge in [-0.3, -0.25) is 24.0 Å².